The third kappa shape index (κ3) is 3.49. The lowest BCUT2D eigenvalue weighted by Crippen LogP contribution is -2.30. The van der Waals surface area contributed by atoms with Gasteiger partial charge in [0.25, 0.3) is 0 Å². The number of nitrogens with one attached hydrogen (secondary N) is 1. The van der Waals surface area contributed by atoms with Crippen molar-refractivity contribution in [2.24, 2.45) is 5.73 Å². The van der Waals surface area contributed by atoms with Gasteiger partial charge in [-0.2, -0.15) is 5.26 Å². The van der Waals surface area contributed by atoms with Crippen molar-refractivity contribution < 1.29 is 0 Å². The molecule has 0 radical (unpaired) electrons. The fourth-order valence-corrected chi connectivity index (χ4v) is 2.48. The van der Waals surface area contributed by atoms with Crippen molar-refractivity contribution in [3.8, 4) is 6.19 Å². The molecule has 0 spiro atoms. The molecule has 1 heterocycles. The van der Waals surface area contributed by atoms with Crippen LogP contribution < -0.4 is 11.1 Å². The standard InChI is InChI=1S/C15H18N4S/c16-11-19-9-5-4-8-13(14(19)17)15(20)18-10-12-6-2-1-3-7-12/h1-3,6-7H,4-5,8-10,17H2,(H,18,20). The number of nitrogens with zero attached hydrogens (tertiary/aromatic N) is 2. The molecule has 3 N–H and O–H groups in total. The van der Waals surface area contributed by atoms with E-state index in [1.807, 2.05) is 30.3 Å². The molecule has 0 fully saturated rings. The van der Waals surface area contributed by atoms with E-state index in [1.165, 1.54) is 10.5 Å². The first-order valence-corrected chi connectivity index (χ1v) is 7.11. The summed E-state index contributed by atoms with van der Waals surface area (Å²) >= 11 is 5.43. The Morgan fingerprint density at radius 2 is 2.10 bits per heavy atom. The van der Waals surface area contributed by atoms with E-state index in [9.17, 15) is 0 Å². The molecule has 2 rings (SSSR count). The average molecular weight is 286 g/mol. The molecule has 0 bridgehead atoms. The molecule has 0 saturated heterocycles. The first-order chi connectivity index (χ1) is 9.72. The van der Waals surface area contributed by atoms with E-state index < -0.39 is 0 Å². The van der Waals surface area contributed by atoms with E-state index in [0.29, 0.717) is 23.9 Å². The maximum Gasteiger partial charge on any atom is 0.185 e. The minimum atomic E-state index is 0.496. The lowest BCUT2D eigenvalue weighted by molar-refractivity contribution is 0.470. The summed E-state index contributed by atoms with van der Waals surface area (Å²) in [5, 5.41) is 12.3. The number of benzene rings is 1. The number of hydrogen-bond donors (Lipinski definition) is 2. The summed E-state index contributed by atoms with van der Waals surface area (Å²) < 4.78 is 0. The highest BCUT2D eigenvalue weighted by atomic mass is 32.1. The van der Waals surface area contributed by atoms with Crippen LogP contribution in [0.1, 0.15) is 24.8 Å². The minimum absolute atomic E-state index is 0.496. The highest BCUT2D eigenvalue weighted by Gasteiger charge is 2.18. The van der Waals surface area contributed by atoms with Gasteiger partial charge in [0.1, 0.15) is 10.8 Å². The van der Waals surface area contributed by atoms with Crippen molar-refractivity contribution in [2.45, 2.75) is 25.8 Å². The molecule has 0 saturated carbocycles. The molecule has 104 valence electrons. The Hall–Kier alpha value is -2.06. The van der Waals surface area contributed by atoms with Crippen LogP contribution >= 0.6 is 12.2 Å². The Kier molecular flexibility index (Phi) is 4.97. The van der Waals surface area contributed by atoms with Crippen molar-refractivity contribution in [1.29, 1.82) is 5.26 Å². The molecule has 5 heteroatoms. The topological polar surface area (TPSA) is 65.1 Å². The quantitative estimate of drug-likeness (QED) is 0.659. The van der Waals surface area contributed by atoms with Gasteiger partial charge in [0.05, 0.1) is 0 Å². The summed E-state index contributed by atoms with van der Waals surface area (Å²) in [6, 6.07) is 10.1. The van der Waals surface area contributed by atoms with Gasteiger partial charge in [-0.1, -0.05) is 42.5 Å². The zero-order chi connectivity index (χ0) is 14.4. The van der Waals surface area contributed by atoms with Crippen LogP contribution in [0.5, 0.6) is 0 Å². The molecule has 1 aliphatic heterocycles. The van der Waals surface area contributed by atoms with Crippen molar-refractivity contribution in [1.82, 2.24) is 10.2 Å². The van der Waals surface area contributed by atoms with Crippen LogP contribution in [0.15, 0.2) is 41.7 Å². The summed E-state index contributed by atoms with van der Waals surface area (Å²) in [7, 11) is 0. The Labute approximate surface area is 124 Å². The van der Waals surface area contributed by atoms with Crippen LogP contribution in [0.2, 0.25) is 0 Å². The summed E-state index contributed by atoms with van der Waals surface area (Å²) in [6.45, 7) is 1.34. The molecule has 0 amide bonds. The number of hydrogen-bond acceptors (Lipinski definition) is 4. The molecule has 4 nitrogen and oxygen atoms in total. The van der Waals surface area contributed by atoms with E-state index in [2.05, 4.69) is 11.5 Å². The van der Waals surface area contributed by atoms with Gasteiger partial charge in [0, 0.05) is 18.7 Å². The van der Waals surface area contributed by atoms with E-state index in [1.54, 1.807) is 0 Å². The normalized spacial score (nSPS) is 15.4. The summed E-state index contributed by atoms with van der Waals surface area (Å²) in [5.74, 6) is 0.496. The predicted molar refractivity (Wildman–Crippen MR) is 83.3 cm³/mol. The van der Waals surface area contributed by atoms with E-state index in [4.69, 9.17) is 23.2 Å². The van der Waals surface area contributed by atoms with Gasteiger partial charge in [-0.3, -0.25) is 4.90 Å². The Bertz CT molecular complexity index is 545. The summed E-state index contributed by atoms with van der Waals surface area (Å²) in [6.07, 6.45) is 4.90. The summed E-state index contributed by atoms with van der Waals surface area (Å²) in [5.41, 5.74) is 8.11. The zero-order valence-electron chi connectivity index (χ0n) is 11.3. The van der Waals surface area contributed by atoms with Gasteiger partial charge < -0.3 is 11.1 Å². The molecule has 20 heavy (non-hydrogen) atoms. The van der Waals surface area contributed by atoms with Crippen LogP contribution in [0.3, 0.4) is 0 Å². The third-order valence-corrected chi connectivity index (χ3v) is 3.74. The Morgan fingerprint density at radius 3 is 2.80 bits per heavy atom. The predicted octanol–water partition coefficient (Wildman–Crippen LogP) is 2.24. The van der Waals surface area contributed by atoms with Crippen LogP contribution in [-0.4, -0.2) is 16.4 Å². The van der Waals surface area contributed by atoms with Gasteiger partial charge in [-0.05, 0) is 24.8 Å². The second-order valence-corrected chi connectivity index (χ2v) is 5.15. The Morgan fingerprint density at radius 1 is 1.35 bits per heavy atom. The molecule has 1 aromatic rings. The fourth-order valence-electron chi connectivity index (χ4n) is 2.20. The van der Waals surface area contributed by atoms with Crippen LogP contribution in [0.4, 0.5) is 0 Å². The van der Waals surface area contributed by atoms with E-state index in [-0.39, 0.29) is 0 Å². The van der Waals surface area contributed by atoms with Crippen LogP contribution in [0, 0.1) is 11.5 Å². The van der Waals surface area contributed by atoms with Gasteiger partial charge in [-0.15, -0.1) is 0 Å². The zero-order valence-corrected chi connectivity index (χ0v) is 12.1. The van der Waals surface area contributed by atoms with Gasteiger partial charge >= 0.3 is 0 Å². The number of thiocarbonyl (C=S) groups is 1. The molecule has 1 aromatic carbocycles. The van der Waals surface area contributed by atoms with Gasteiger partial charge in [0.2, 0.25) is 0 Å². The molecule has 0 aliphatic carbocycles. The average Bonchev–Trinajstić information content (AvgIpc) is 2.67. The second-order valence-electron chi connectivity index (χ2n) is 4.74. The monoisotopic (exact) mass is 286 g/mol. The SMILES string of the molecule is N#CN1CCCCC(C(=S)NCc2ccccc2)=C1N. The third-order valence-electron chi connectivity index (χ3n) is 3.35. The highest BCUT2D eigenvalue weighted by Crippen LogP contribution is 2.19. The number of rotatable bonds is 3. The van der Waals surface area contributed by atoms with Crippen LogP contribution in [-0.2, 0) is 6.54 Å². The van der Waals surface area contributed by atoms with E-state index >= 15 is 0 Å². The summed E-state index contributed by atoms with van der Waals surface area (Å²) in [4.78, 5) is 2.17. The van der Waals surface area contributed by atoms with Gasteiger partial charge in [-0.25, -0.2) is 0 Å². The molecule has 0 aromatic heterocycles. The number of nitrogens with two attached hydrogens (primary N) is 1. The molecule has 0 unspecified atom stereocenters. The first kappa shape index (κ1) is 14.4. The van der Waals surface area contributed by atoms with Crippen molar-refractivity contribution >= 4 is 17.2 Å². The van der Waals surface area contributed by atoms with E-state index in [0.717, 1.165) is 24.8 Å². The molecule has 0 atom stereocenters. The minimum Gasteiger partial charge on any atom is -0.384 e. The van der Waals surface area contributed by atoms with Crippen LogP contribution in [0.25, 0.3) is 0 Å². The van der Waals surface area contributed by atoms with Crippen molar-refractivity contribution in [2.75, 3.05) is 6.54 Å². The highest BCUT2D eigenvalue weighted by molar-refractivity contribution is 7.80. The first-order valence-electron chi connectivity index (χ1n) is 6.70. The Balaban J connectivity index is 2.05. The lowest BCUT2D eigenvalue weighted by atomic mass is 10.1. The number of nitriles is 1. The van der Waals surface area contributed by atoms with Crippen molar-refractivity contribution in [3.63, 3.8) is 0 Å². The molecular weight excluding hydrogens is 268 g/mol. The molecule has 1 aliphatic rings. The van der Waals surface area contributed by atoms with Gasteiger partial charge in [0.15, 0.2) is 6.19 Å². The maximum absolute atomic E-state index is 9.09. The van der Waals surface area contributed by atoms with Crippen molar-refractivity contribution in [3.05, 3.63) is 47.3 Å². The largest absolute Gasteiger partial charge is 0.384 e. The lowest BCUT2D eigenvalue weighted by Gasteiger charge is -2.17. The molecular formula is C15H18N4S. The maximum atomic E-state index is 9.09. The second kappa shape index (κ2) is 6.92. The smallest absolute Gasteiger partial charge is 0.185 e. The fraction of sp³-hybridized carbons (Fsp3) is 0.333.